The van der Waals surface area contributed by atoms with Gasteiger partial charge in [0.1, 0.15) is 5.82 Å². The van der Waals surface area contributed by atoms with Crippen LogP contribution in [-0.4, -0.2) is 5.11 Å². The molecule has 3 aromatic rings. The molecule has 1 unspecified atom stereocenters. The summed E-state index contributed by atoms with van der Waals surface area (Å²) in [4.78, 5) is 0. The number of hydrogen-bond donors (Lipinski definition) is 1. The third-order valence-corrected chi connectivity index (χ3v) is 4.22. The first-order valence-electron chi connectivity index (χ1n) is 6.13. The Morgan fingerprint density at radius 2 is 1.89 bits per heavy atom. The number of hydrogen-bond acceptors (Lipinski definition) is 2. The third-order valence-electron chi connectivity index (χ3n) is 3.24. The van der Waals surface area contributed by atoms with Crippen molar-refractivity contribution in [3.63, 3.8) is 0 Å². The number of thiophene rings is 1. The molecule has 3 rings (SSSR count). The minimum absolute atomic E-state index is 0.264. The zero-order valence-corrected chi connectivity index (χ0v) is 11.0. The normalized spacial score (nSPS) is 12.7. The van der Waals surface area contributed by atoms with E-state index in [1.54, 1.807) is 29.5 Å². The fraction of sp³-hybridized carbons (Fsp3) is 0.125. The van der Waals surface area contributed by atoms with Crippen LogP contribution >= 0.6 is 11.3 Å². The average molecular weight is 272 g/mol. The van der Waals surface area contributed by atoms with Gasteiger partial charge in [0, 0.05) is 11.1 Å². The van der Waals surface area contributed by atoms with Crippen LogP contribution in [0.4, 0.5) is 4.39 Å². The summed E-state index contributed by atoms with van der Waals surface area (Å²) < 4.78 is 14.7. The molecule has 0 aliphatic carbocycles. The van der Waals surface area contributed by atoms with E-state index >= 15 is 0 Å². The van der Waals surface area contributed by atoms with Crippen LogP contribution in [0.1, 0.15) is 17.2 Å². The molecule has 0 saturated carbocycles. The molecule has 1 heterocycles. The van der Waals surface area contributed by atoms with Crippen molar-refractivity contribution < 1.29 is 9.50 Å². The van der Waals surface area contributed by atoms with Gasteiger partial charge in [0.25, 0.3) is 0 Å². The molecular weight excluding hydrogens is 259 g/mol. The molecule has 3 heteroatoms. The van der Waals surface area contributed by atoms with E-state index < -0.39 is 6.10 Å². The van der Waals surface area contributed by atoms with Gasteiger partial charge in [-0.2, -0.15) is 0 Å². The lowest BCUT2D eigenvalue weighted by Gasteiger charge is -2.12. The van der Waals surface area contributed by atoms with E-state index in [0.717, 1.165) is 15.6 Å². The first-order chi connectivity index (χ1) is 9.25. The molecule has 0 aliphatic rings. The molecule has 0 saturated heterocycles. The summed E-state index contributed by atoms with van der Waals surface area (Å²) in [5.74, 6) is -0.264. The van der Waals surface area contributed by atoms with Gasteiger partial charge < -0.3 is 5.11 Å². The number of halogens is 1. The fourth-order valence-electron chi connectivity index (χ4n) is 2.26. The van der Waals surface area contributed by atoms with Gasteiger partial charge in [-0.1, -0.05) is 36.4 Å². The van der Waals surface area contributed by atoms with Crippen molar-refractivity contribution in [2.24, 2.45) is 0 Å². The van der Waals surface area contributed by atoms with Gasteiger partial charge in [-0.3, -0.25) is 0 Å². The predicted octanol–water partition coefficient (Wildman–Crippen LogP) is 4.32. The summed E-state index contributed by atoms with van der Waals surface area (Å²) >= 11 is 1.60. The first-order valence-corrected chi connectivity index (χ1v) is 7.01. The zero-order valence-electron chi connectivity index (χ0n) is 10.2. The second-order valence-electron chi connectivity index (χ2n) is 4.50. The van der Waals surface area contributed by atoms with Gasteiger partial charge >= 0.3 is 0 Å². The van der Waals surface area contributed by atoms with Gasteiger partial charge in [-0.05, 0) is 34.0 Å². The topological polar surface area (TPSA) is 20.2 Å². The highest BCUT2D eigenvalue weighted by molar-refractivity contribution is 7.17. The van der Waals surface area contributed by atoms with Gasteiger partial charge in [-0.25, -0.2) is 4.39 Å². The molecule has 1 N–H and O–H groups in total. The van der Waals surface area contributed by atoms with Crippen molar-refractivity contribution in [2.45, 2.75) is 12.5 Å². The smallest absolute Gasteiger partial charge is 0.126 e. The van der Waals surface area contributed by atoms with Crippen molar-refractivity contribution >= 4 is 21.4 Å². The standard InChI is InChI=1S/C16H13FOS/c17-14-7-2-1-4-12(14)10-15(18)13-6-3-5-11-8-9-19-16(11)13/h1-9,15,18H,10H2. The molecule has 0 fully saturated rings. The quantitative estimate of drug-likeness (QED) is 0.753. The van der Waals surface area contributed by atoms with Crippen LogP contribution in [0.15, 0.2) is 53.9 Å². The number of aliphatic hydroxyl groups excluding tert-OH is 1. The van der Waals surface area contributed by atoms with E-state index in [4.69, 9.17) is 0 Å². The molecule has 1 atom stereocenters. The summed E-state index contributed by atoms with van der Waals surface area (Å²) in [7, 11) is 0. The number of benzene rings is 2. The molecule has 96 valence electrons. The van der Waals surface area contributed by atoms with Crippen LogP contribution in [-0.2, 0) is 6.42 Å². The zero-order chi connectivity index (χ0) is 13.2. The highest BCUT2D eigenvalue weighted by Gasteiger charge is 2.14. The molecular formula is C16H13FOS. The van der Waals surface area contributed by atoms with Crippen molar-refractivity contribution in [3.8, 4) is 0 Å². The Hall–Kier alpha value is -1.71. The van der Waals surface area contributed by atoms with E-state index in [-0.39, 0.29) is 5.82 Å². The maximum Gasteiger partial charge on any atom is 0.126 e. The van der Waals surface area contributed by atoms with Crippen molar-refractivity contribution in [1.82, 2.24) is 0 Å². The minimum atomic E-state index is -0.681. The molecule has 0 spiro atoms. The van der Waals surface area contributed by atoms with E-state index in [9.17, 15) is 9.50 Å². The van der Waals surface area contributed by atoms with Crippen LogP contribution < -0.4 is 0 Å². The molecule has 0 amide bonds. The van der Waals surface area contributed by atoms with Gasteiger partial charge in [0.05, 0.1) is 6.10 Å². The third kappa shape index (κ3) is 2.39. The summed E-state index contributed by atoms with van der Waals surface area (Å²) in [6.45, 7) is 0. The van der Waals surface area contributed by atoms with E-state index in [1.165, 1.54) is 6.07 Å². The van der Waals surface area contributed by atoms with Crippen LogP contribution in [0.5, 0.6) is 0 Å². The Balaban J connectivity index is 1.94. The number of aliphatic hydroxyl groups is 1. The fourth-order valence-corrected chi connectivity index (χ4v) is 3.22. The highest BCUT2D eigenvalue weighted by Crippen LogP contribution is 2.30. The monoisotopic (exact) mass is 272 g/mol. The van der Waals surface area contributed by atoms with Crippen LogP contribution in [0.2, 0.25) is 0 Å². The predicted molar refractivity (Wildman–Crippen MR) is 76.9 cm³/mol. The number of rotatable bonds is 3. The molecule has 1 nitrogen and oxygen atoms in total. The molecule has 0 bridgehead atoms. The van der Waals surface area contributed by atoms with E-state index in [2.05, 4.69) is 0 Å². The molecule has 1 aromatic heterocycles. The number of fused-ring (bicyclic) bond motifs is 1. The summed E-state index contributed by atoms with van der Waals surface area (Å²) in [5.41, 5.74) is 1.42. The van der Waals surface area contributed by atoms with Gasteiger partial charge in [0.2, 0.25) is 0 Å². The Kier molecular flexibility index (Phi) is 3.32. The van der Waals surface area contributed by atoms with E-state index in [0.29, 0.717) is 12.0 Å². The Morgan fingerprint density at radius 1 is 1.05 bits per heavy atom. The highest BCUT2D eigenvalue weighted by atomic mass is 32.1. The Morgan fingerprint density at radius 3 is 2.74 bits per heavy atom. The Bertz CT molecular complexity index is 705. The second-order valence-corrected chi connectivity index (χ2v) is 5.41. The molecule has 2 aromatic carbocycles. The van der Waals surface area contributed by atoms with Crippen molar-refractivity contribution in [3.05, 3.63) is 70.9 Å². The largest absolute Gasteiger partial charge is 0.388 e. The van der Waals surface area contributed by atoms with Crippen molar-refractivity contribution in [1.29, 1.82) is 0 Å². The van der Waals surface area contributed by atoms with E-state index in [1.807, 2.05) is 29.6 Å². The maximum atomic E-state index is 13.6. The average Bonchev–Trinajstić information content (AvgIpc) is 2.89. The minimum Gasteiger partial charge on any atom is -0.388 e. The lowest BCUT2D eigenvalue weighted by molar-refractivity contribution is 0.179. The second kappa shape index (κ2) is 5.11. The molecule has 19 heavy (non-hydrogen) atoms. The lowest BCUT2D eigenvalue weighted by atomic mass is 10.00. The van der Waals surface area contributed by atoms with Crippen LogP contribution in [0.25, 0.3) is 10.1 Å². The first kappa shape index (κ1) is 12.3. The summed E-state index contributed by atoms with van der Waals surface area (Å²) in [6, 6.07) is 14.5. The maximum absolute atomic E-state index is 13.6. The van der Waals surface area contributed by atoms with Crippen LogP contribution in [0, 0.1) is 5.82 Å². The summed E-state index contributed by atoms with van der Waals surface area (Å²) in [6.07, 6.45) is -0.386. The molecule has 0 radical (unpaired) electrons. The lowest BCUT2D eigenvalue weighted by Crippen LogP contribution is -2.03. The van der Waals surface area contributed by atoms with Gasteiger partial charge in [0.15, 0.2) is 0 Å². The van der Waals surface area contributed by atoms with Gasteiger partial charge in [-0.15, -0.1) is 11.3 Å². The van der Waals surface area contributed by atoms with Crippen molar-refractivity contribution in [2.75, 3.05) is 0 Å². The Labute approximate surface area is 115 Å². The van der Waals surface area contributed by atoms with Crippen LogP contribution in [0.3, 0.4) is 0 Å². The summed E-state index contributed by atoms with van der Waals surface area (Å²) in [5, 5.41) is 13.5. The molecule has 0 aliphatic heterocycles. The SMILES string of the molecule is OC(Cc1ccccc1F)c1cccc2ccsc12.